The molecule has 0 atom stereocenters. The number of benzene rings is 1. The van der Waals surface area contributed by atoms with Crippen LogP contribution in [0.2, 0.25) is 0 Å². The van der Waals surface area contributed by atoms with E-state index in [1.165, 1.54) is 0 Å². The van der Waals surface area contributed by atoms with E-state index in [-0.39, 0.29) is 34.6 Å². The first-order valence-corrected chi connectivity index (χ1v) is 6.70. The average Bonchev–Trinajstić information content (AvgIpc) is 2.90. The first-order chi connectivity index (χ1) is 9.65. The summed E-state index contributed by atoms with van der Waals surface area (Å²) in [5, 5.41) is 10.7. The molecule has 2 aromatic heterocycles. The Morgan fingerprint density at radius 1 is 1.10 bits per heavy atom. The number of hydrogen-bond acceptors (Lipinski definition) is 5. The minimum absolute atomic E-state index is 0. The smallest absolute Gasteiger partial charge is 0.542 e. The predicted molar refractivity (Wildman–Crippen MR) is 76.3 cm³/mol. The van der Waals surface area contributed by atoms with Gasteiger partial charge < -0.3 is 9.90 Å². The number of hydrogen-bond donors (Lipinski definition) is 0. The van der Waals surface area contributed by atoms with Crippen molar-refractivity contribution in [2.75, 3.05) is 0 Å². The van der Waals surface area contributed by atoms with Crippen molar-refractivity contribution in [3.05, 3.63) is 65.3 Å². The van der Waals surface area contributed by atoms with Gasteiger partial charge in [0.05, 0.1) is 5.69 Å². The summed E-state index contributed by atoms with van der Waals surface area (Å²) in [5.74, 6) is -1.28. The van der Waals surface area contributed by atoms with Crippen LogP contribution in [0.5, 0.6) is 0 Å². The number of aromatic nitrogens is 2. The van der Waals surface area contributed by atoms with Gasteiger partial charge in [0.25, 0.3) is 0 Å². The van der Waals surface area contributed by atoms with Crippen molar-refractivity contribution in [1.82, 2.24) is 9.97 Å². The Morgan fingerprint density at radius 3 is 2.48 bits per heavy atom. The molecule has 0 amide bonds. The third kappa shape index (κ3) is 3.22. The molecule has 0 radical (unpaired) electrons. The fraction of sp³-hybridized carbons (Fsp3) is 0. The third-order valence-electron chi connectivity index (χ3n) is 2.86. The van der Waals surface area contributed by atoms with Gasteiger partial charge in [-0.3, -0.25) is 0 Å². The van der Waals surface area contributed by atoms with Crippen molar-refractivity contribution in [2.45, 2.75) is 0 Å². The molecule has 4 nitrogen and oxygen atoms in total. The maximum atomic E-state index is 10.8. The molecule has 0 fully saturated rings. The molecule has 0 aliphatic rings. The second-order valence-electron chi connectivity index (χ2n) is 4.17. The Kier molecular flexibility index (Phi) is 4.90. The fourth-order valence-corrected chi connectivity index (χ4v) is 2.63. The van der Waals surface area contributed by atoms with Gasteiger partial charge in [-0.05, 0) is 17.7 Å². The number of carboxylic acid groups (broad SMARTS) is 1. The van der Waals surface area contributed by atoms with Gasteiger partial charge in [-0.25, -0.2) is 9.97 Å². The third-order valence-corrected chi connectivity index (χ3v) is 3.81. The number of aromatic carboxylic acids is 1. The van der Waals surface area contributed by atoms with Crippen molar-refractivity contribution >= 4 is 33.2 Å². The molecule has 1 aromatic carbocycles. The monoisotopic (exact) mass is 304 g/mol. The van der Waals surface area contributed by atoms with Crippen molar-refractivity contribution in [1.29, 1.82) is 0 Å². The van der Waals surface area contributed by atoms with E-state index in [2.05, 4.69) is 16.5 Å². The molecule has 0 bridgehead atoms. The number of pyridine rings is 1. The van der Waals surface area contributed by atoms with Crippen molar-refractivity contribution < 1.29 is 39.5 Å². The summed E-state index contributed by atoms with van der Waals surface area (Å²) in [6.07, 6.45) is 0. The Morgan fingerprint density at radius 2 is 1.81 bits per heavy atom. The standard InChI is InChI=1S/C15H10N2O2S.Na/c1-9(10-5-3-2-4-6-10)11-7-8-12-13(16-11)20-14(17-12)15(18)19;/h2-8H,1H2,(H,18,19);/q;+1/p-1. The molecule has 0 saturated heterocycles. The Hall–Kier alpha value is -1.53. The average molecular weight is 304 g/mol. The summed E-state index contributed by atoms with van der Waals surface area (Å²) in [6.45, 7) is 4.04. The minimum atomic E-state index is -1.28. The van der Waals surface area contributed by atoms with Crippen LogP contribution in [-0.4, -0.2) is 15.9 Å². The zero-order valence-corrected chi connectivity index (χ0v) is 14.2. The van der Waals surface area contributed by atoms with Crippen LogP contribution in [-0.2, 0) is 0 Å². The van der Waals surface area contributed by atoms with Crippen LogP contribution >= 0.6 is 11.3 Å². The van der Waals surface area contributed by atoms with Gasteiger partial charge in [0, 0.05) is 5.57 Å². The van der Waals surface area contributed by atoms with E-state index < -0.39 is 5.97 Å². The van der Waals surface area contributed by atoms with Gasteiger partial charge in [-0.1, -0.05) is 48.2 Å². The van der Waals surface area contributed by atoms with E-state index in [1.54, 1.807) is 12.1 Å². The number of fused-ring (bicyclic) bond motifs is 1. The molecule has 21 heavy (non-hydrogen) atoms. The molecular formula is C15H9N2NaO2S. The Bertz CT molecular complexity index is 815. The number of nitrogens with zero attached hydrogens (tertiary/aromatic N) is 2. The van der Waals surface area contributed by atoms with Gasteiger partial charge in [0.15, 0.2) is 0 Å². The number of carboxylic acids is 1. The summed E-state index contributed by atoms with van der Waals surface area (Å²) in [6, 6.07) is 13.2. The second-order valence-corrected chi connectivity index (χ2v) is 5.15. The topological polar surface area (TPSA) is 65.9 Å². The van der Waals surface area contributed by atoms with Gasteiger partial charge >= 0.3 is 29.6 Å². The number of carbonyl (C=O) groups is 1. The molecule has 2 heterocycles. The van der Waals surface area contributed by atoms with Crippen molar-refractivity contribution in [3.8, 4) is 0 Å². The molecule has 0 saturated carbocycles. The van der Waals surface area contributed by atoms with Crippen LogP contribution in [0.25, 0.3) is 15.9 Å². The second kappa shape index (κ2) is 6.49. The van der Waals surface area contributed by atoms with Crippen LogP contribution in [0.1, 0.15) is 21.1 Å². The van der Waals surface area contributed by atoms with Crippen molar-refractivity contribution in [2.24, 2.45) is 0 Å². The van der Waals surface area contributed by atoms with Crippen LogP contribution in [0.3, 0.4) is 0 Å². The number of thiazole rings is 1. The molecule has 98 valence electrons. The van der Waals surface area contributed by atoms with Gasteiger partial charge in [-0.2, -0.15) is 0 Å². The van der Waals surface area contributed by atoms with E-state index in [0.29, 0.717) is 16.0 Å². The first-order valence-electron chi connectivity index (χ1n) is 5.89. The maximum absolute atomic E-state index is 10.8. The summed E-state index contributed by atoms with van der Waals surface area (Å²) in [4.78, 5) is 19.7. The summed E-state index contributed by atoms with van der Waals surface area (Å²) in [7, 11) is 0. The minimum Gasteiger partial charge on any atom is -0.542 e. The number of rotatable bonds is 3. The van der Waals surface area contributed by atoms with E-state index in [1.807, 2.05) is 30.3 Å². The van der Waals surface area contributed by atoms with E-state index >= 15 is 0 Å². The Labute approximate surface area is 147 Å². The number of carbonyl (C=O) groups excluding carboxylic acids is 1. The van der Waals surface area contributed by atoms with E-state index in [0.717, 1.165) is 22.5 Å². The van der Waals surface area contributed by atoms with E-state index in [4.69, 9.17) is 0 Å². The SMILES string of the molecule is C=C(c1ccccc1)c1ccc2nc(C(=O)[O-])sc2n1.[Na+]. The molecule has 3 aromatic rings. The van der Waals surface area contributed by atoms with Gasteiger partial charge in [-0.15, -0.1) is 0 Å². The summed E-state index contributed by atoms with van der Waals surface area (Å²) < 4.78 is 0. The van der Waals surface area contributed by atoms with E-state index in [9.17, 15) is 9.90 Å². The molecule has 0 N–H and O–H groups in total. The van der Waals surface area contributed by atoms with Crippen LogP contribution < -0.4 is 34.7 Å². The van der Waals surface area contributed by atoms with Crippen molar-refractivity contribution in [3.63, 3.8) is 0 Å². The normalized spacial score (nSPS) is 10.1. The maximum Gasteiger partial charge on any atom is 1.00 e. The molecule has 0 aliphatic carbocycles. The molecule has 0 aliphatic heterocycles. The largest absolute Gasteiger partial charge is 1.00 e. The van der Waals surface area contributed by atoms with Crippen LogP contribution in [0.15, 0.2) is 49.0 Å². The van der Waals surface area contributed by atoms with Crippen LogP contribution in [0, 0.1) is 0 Å². The van der Waals surface area contributed by atoms with Gasteiger partial charge in [0.2, 0.25) is 0 Å². The zero-order chi connectivity index (χ0) is 14.1. The molecule has 0 spiro atoms. The first kappa shape index (κ1) is 15.9. The zero-order valence-electron chi connectivity index (χ0n) is 11.4. The quantitative estimate of drug-likeness (QED) is 0.590. The molecular weight excluding hydrogens is 295 g/mol. The molecule has 3 rings (SSSR count). The molecule has 6 heteroatoms. The Balaban J connectivity index is 0.00000161. The van der Waals surface area contributed by atoms with Gasteiger partial charge in [0.1, 0.15) is 21.3 Å². The van der Waals surface area contributed by atoms with Crippen LogP contribution in [0.4, 0.5) is 0 Å². The predicted octanol–water partition coefficient (Wildman–Crippen LogP) is -0.880. The molecule has 0 unspecified atom stereocenters. The summed E-state index contributed by atoms with van der Waals surface area (Å²) >= 11 is 1.01. The fourth-order valence-electron chi connectivity index (χ4n) is 1.86. The summed E-state index contributed by atoms with van der Waals surface area (Å²) in [5.41, 5.74) is 3.02.